The first kappa shape index (κ1) is 13.8. The van der Waals surface area contributed by atoms with Gasteiger partial charge in [-0.05, 0) is 0 Å². The number of carbonyl (C=O) groups excluding carboxylic acids is 2. The number of hydrogen-bond donors (Lipinski definition) is 3. The minimum Gasteiger partial charge on any atom is -0.467 e. The van der Waals surface area contributed by atoms with Crippen LogP contribution in [0.1, 0.15) is 0 Å². The molecule has 0 aromatic heterocycles. The lowest BCUT2D eigenvalue weighted by Gasteiger charge is -2.13. The van der Waals surface area contributed by atoms with Gasteiger partial charge in [-0.1, -0.05) is 0 Å². The molecule has 7 heteroatoms. The van der Waals surface area contributed by atoms with Crippen LogP contribution in [0.3, 0.4) is 0 Å². The summed E-state index contributed by atoms with van der Waals surface area (Å²) in [5.41, 5.74) is 5.39. The smallest absolute Gasteiger partial charge is 0.336 e. The second-order valence-corrected chi connectivity index (χ2v) is 2.85. The second kappa shape index (κ2) is 7.16. The Labute approximate surface area is 87.5 Å². The lowest BCUT2D eigenvalue weighted by atomic mass is 10.3. The van der Waals surface area contributed by atoms with E-state index in [1.807, 2.05) is 0 Å². The highest BCUT2D eigenvalue weighted by atomic mass is 16.5. The van der Waals surface area contributed by atoms with Gasteiger partial charge < -0.3 is 25.6 Å². The molecule has 15 heavy (non-hydrogen) atoms. The molecule has 0 fully saturated rings. The first-order valence-electron chi connectivity index (χ1n) is 4.31. The topological polar surface area (TPSA) is 111 Å². The fraction of sp³-hybridized carbons (Fsp3) is 0.750. The van der Waals surface area contributed by atoms with Crippen molar-refractivity contribution in [3.63, 3.8) is 0 Å². The number of aliphatic hydroxyl groups is 1. The quantitative estimate of drug-likeness (QED) is 0.431. The number of ether oxygens (including phenoxy) is 2. The van der Waals surface area contributed by atoms with Gasteiger partial charge in [0.25, 0.3) is 0 Å². The van der Waals surface area contributed by atoms with Crippen LogP contribution in [-0.2, 0) is 19.1 Å². The maximum Gasteiger partial charge on any atom is 0.336 e. The molecule has 2 atom stereocenters. The van der Waals surface area contributed by atoms with E-state index in [4.69, 9.17) is 10.8 Å². The largest absolute Gasteiger partial charge is 0.467 e. The summed E-state index contributed by atoms with van der Waals surface area (Å²) in [6.07, 6.45) is -1.38. The monoisotopic (exact) mass is 220 g/mol. The number of carbonyl (C=O) groups is 2. The number of aliphatic hydroxyl groups excluding tert-OH is 1. The summed E-state index contributed by atoms with van der Waals surface area (Å²) < 4.78 is 8.92. The summed E-state index contributed by atoms with van der Waals surface area (Å²) >= 11 is 0. The van der Waals surface area contributed by atoms with E-state index in [1.165, 1.54) is 7.11 Å². The third kappa shape index (κ3) is 5.31. The van der Waals surface area contributed by atoms with Gasteiger partial charge in [-0.25, -0.2) is 4.79 Å². The molecule has 0 bridgehead atoms. The van der Waals surface area contributed by atoms with Crippen LogP contribution in [0, 0.1) is 0 Å². The Kier molecular flexibility index (Phi) is 6.59. The summed E-state index contributed by atoms with van der Waals surface area (Å²) in [5, 5.41) is 11.4. The third-order valence-corrected chi connectivity index (χ3v) is 1.63. The molecule has 0 spiro atoms. The zero-order valence-electron chi connectivity index (χ0n) is 8.73. The Morgan fingerprint density at radius 3 is 2.53 bits per heavy atom. The average Bonchev–Trinajstić information content (AvgIpc) is 2.24. The van der Waals surface area contributed by atoms with Gasteiger partial charge in [0.2, 0.25) is 5.91 Å². The molecule has 0 aromatic rings. The van der Waals surface area contributed by atoms with E-state index in [2.05, 4.69) is 14.8 Å². The molecular formula is C8H16N2O5. The number of hydrogen-bond acceptors (Lipinski definition) is 6. The van der Waals surface area contributed by atoms with E-state index in [0.717, 1.165) is 7.11 Å². The van der Waals surface area contributed by atoms with E-state index in [0.29, 0.717) is 0 Å². The minimum atomic E-state index is -1.38. The molecule has 2 unspecified atom stereocenters. The highest BCUT2D eigenvalue weighted by Gasteiger charge is 2.18. The van der Waals surface area contributed by atoms with Crippen molar-refractivity contribution < 1.29 is 24.2 Å². The van der Waals surface area contributed by atoms with E-state index in [-0.39, 0.29) is 13.2 Å². The number of nitrogens with two attached hydrogens (primary N) is 1. The summed E-state index contributed by atoms with van der Waals surface area (Å²) in [6, 6.07) is -0.820. The molecule has 0 aliphatic rings. The Bertz CT molecular complexity index is 221. The van der Waals surface area contributed by atoms with Crippen LogP contribution >= 0.6 is 0 Å². The van der Waals surface area contributed by atoms with Crippen molar-refractivity contribution in [1.29, 1.82) is 0 Å². The van der Waals surface area contributed by atoms with Crippen molar-refractivity contribution in [3.8, 4) is 0 Å². The number of nitrogens with one attached hydrogen (secondary N) is 1. The summed E-state index contributed by atoms with van der Waals surface area (Å²) in [6.45, 7) is -0.164. The van der Waals surface area contributed by atoms with E-state index >= 15 is 0 Å². The fourth-order valence-corrected chi connectivity index (χ4v) is 0.803. The summed E-state index contributed by atoms with van der Waals surface area (Å²) in [5.74, 6) is -1.31. The van der Waals surface area contributed by atoms with Crippen molar-refractivity contribution in [2.45, 2.75) is 12.1 Å². The van der Waals surface area contributed by atoms with Crippen molar-refractivity contribution in [1.82, 2.24) is 5.32 Å². The molecule has 1 amide bonds. The molecule has 4 N–H and O–H groups in total. The molecule has 88 valence electrons. The van der Waals surface area contributed by atoms with Gasteiger partial charge in [-0.15, -0.1) is 0 Å². The van der Waals surface area contributed by atoms with Gasteiger partial charge in [-0.3, -0.25) is 4.79 Å². The van der Waals surface area contributed by atoms with Gasteiger partial charge >= 0.3 is 5.97 Å². The van der Waals surface area contributed by atoms with Gasteiger partial charge in [0, 0.05) is 7.11 Å². The van der Waals surface area contributed by atoms with Gasteiger partial charge in [0.1, 0.15) is 6.04 Å². The maximum absolute atomic E-state index is 11.2. The third-order valence-electron chi connectivity index (χ3n) is 1.63. The SMILES string of the molecule is COCC(N)C(=O)NCC(O)C(=O)OC. The summed E-state index contributed by atoms with van der Waals surface area (Å²) in [7, 11) is 2.56. The summed E-state index contributed by atoms with van der Waals surface area (Å²) in [4.78, 5) is 21.9. The van der Waals surface area contributed by atoms with Crippen molar-refractivity contribution >= 4 is 11.9 Å². The Morgan fingerprint density at radius 2 is 2.07 bits per heavy atom. The normalized spacial score (nSPS) is 14.1. The highest BCUT2D eigenvalue weighted by Crippen LogP contribution is 1.86. The first-order chi connectivity index (χ1) is 7.02. The van der Waals surface area contributed by atoms with Crippen molar-refractivity contribution in [3.05, 3.63) is 0 Å². The molecule has 7 nitrogen and oxygen atoms in total. The Hall–Kier alpha value is -1.18. The van der Waals surface area contributed by atoms with Crippen LogP contribution in [0.15, 0.2) is 0 Å². The first-order valence-corrected chi connectivity index (χ1v) is 4.31. The van der Waals surface area contributed by atoms with Crippen molar-refractivity contribution in [2.24, 2.45) is 5.73 Å². The fourth-order valence-electron chi connectivity index (χ4n) is 0.803. The molecule has 0 rings (SSSR count). The van der Waals surface area contributed by atoms with Gasteiger partial charge in [-0.2, -0.15) is 0 Å². The van der Waals surface area contributed by atoms with Crippen LogP contribution in [0.5, 0.6) is 0 Å². The highest BCUT2D eigenvalue weighted by molar-refractivity contribution is 5.82. The zero-order chi connectivity index (χ0) is 11.8. The zero-order valence-corrected chi connectivity index (χ0v) is 8.73. The second-order valence-electron chi connectivity index (χ2n) is 2.85. The number of methoxy groups -OCH3 is 2. The van der Waals surface area contributed by atoms with Crippen LogP contribution in [0.4, 0.5) is 0 Å². The predicted octanol–water partition coefficient (Wildman–Crippen LogP) is -2.39. The molecule has 0 aliphatic carbocycles. The molecule has 0 saturated heterocycles. The molecular weight excluding hydrogens is 204 g/mol. The minimum absolute atomic E-state index is 0.0696. The number of amides is 1. The molecule has 0 aromatic carbocycles. The molecule has 0 radical (unpaired) electrons. The van der Waals surface area contributed by atoms with Crippen LogP contribution in [0.2, 0.25) is 0 Å². The van der Waals surface area contributed by atoms with E-state index in [1.54, 1.807) is 0 Å². The van der Waals surface area contributed by atoms with E-state index < -0.39 is 24.0 Å². The Morgan fingerprint density at radius 1 is 1.47 bits per heavy atom. The van der Waals surface area contributed by atoms with Crippen LogP contribution in [-0.4, -0.2) is 56.5 Å². The number of esters is 1. The standard InChI is InChI=1S/C8H16N2O5/c1-14-4-5(9)7(12)10-3-6(11)8(13)15-2/h5-6,11H,3-4,9H2,1-2H3,(H,10,12). The Balaban J connectivity index is 3.84. The van der Waals surface area contributed by atoms with Gasteiger partial charge in [0.05, 0.1) is 20.3 Å². The predicted molar refractivity (Wildman–Crippen MR) is 50.9 cm³/mol. The van der Waals surface area contributed by atoms with Crippen LogP contribution < -0.4 is 11.1 Å². The average molecular weight is 220 g/mol. The van der Waals surface area contributed by atoms with Crippen LogP contribution in [0.25, 0.3) is 0 Å². The lowest BCUT2D eigenvalue weighted by molar-refractivity contribution is -0.150. The number of rotatable bonds is 6. The molecule has 0 aliphatic heterocycles. The van der Waals surface area contributed by atoms with Crippen molar-refractivity contribution in [2.75, 3.05) is 27.4 Å². The van der Waals surface area contributed by atoms with Gasteiger partial charge in [0.15, 0.2) is 6.10 Å². The maximum atomic E-state index is 11.2. The molecule has 0 saturated carbocycles. The lowest BCUT2D eigenvalue weighted by Crippen LogP contribution is -2.47. The van der Waals surface area contributed by atoms with E-state index in [9.17, 15) is 9.59 Å². The molecule has 0 heterocycles.